The quantitative estimate of drug-likeness (QED) is 0.171. The van der Waals surface area contributed by atoms with Gasteiger partial charge in [-0.15, -0.1) is 0 Å². The highest BCUT2D eigenvalue weighted by Crippen LogP contribution is 2.54. The summed E-state index contributed by atoms with van der Waals surface area (Å²) in [4.78, 5) is 10.5. The first-order valence-corrected chi connectivity index (χ1v) is 19.1. The molecule has 0 saturated heterocycles. The molecule has 1 aliphatic carbocycles. The molecule has 10 aromatic rings. The molecule has 11 rings (SSSR count). The lowest BCUT2D eigenvalue weighted by molar-refractivity contribution is 0.661. The van der Waals surface area contributed by atoms with Crippen molar-refractivity contribution in [2.24, 2.45) is 0 Å². The minimum atomic E-state index is -0.110. The Balaban J connectivity index is 1.11. The lowest BCUT2D eigenvalue weighted by Gasteiger charge is -2.22. The van der Waals surface area contributed by atoms with E-state index in [-0.39, 0.29) is 5.41 Å². The zero-order chi connectivity index (χ0) is 36.7. The lowest BCUT2D eigenvalue weighted by atomic mass is 9.81. The average molecular weight is 701 g/mol. The zero-order valence-corrected chi connectivity index (χ0v) is 30.7. The second-order valence-electron chi connectivity index (χ2n) is 15.4. The molecule has 0 aliphatic heterocycles. The first-order valence-electron chi connectivity index (χ1n) is 19.1. The van der Waals surface area contributed by atoms with E-state index in [0.717, 1.165) is 28.1 Å². The van der Waals surface area contributed by atoms with Crippen LogP contribution in [0.4, 0.5) is 0 Å². The van der Waals surface area contributed by atoms with Gasteiger partial charge in [0, 0.05) is 22.1 Å². The molecule has 1 aliphatic rings. The van der Waals surface area contributed by atoms with Crippen LogP contribution in [0.3, 0.4) is 0 Å². The second kappa shape index (κ2) is 12.1. The summed E-state index contributed by atoms with van der Waals surface area (Å²) in [6.45, 7) is 4.73. The summed E-state index contributed by atoms with van der Waals surface area (Å²) < 4.78 is 0. The van der Waals surface area contributed by atoms with Gasteiger partial charge in [-0.1, -0.05) is 172 Å². The summed E-state index contributed by atoms with van der Waals surface area (Å²) in [6, 6.07) is 66.0. The maximum atomic E-state index is 5.28. The first kappa shape index (κ1) is 31.6. The second-order valence-corrected chi connectivity index (χ2v) is 15.4. The predicted octanol–water partition coefficient (Wildman–Crippen LogP) is 14.1. The number of fused-ring (bicyclic) bond motifs is 8. The van der Waals surface area contributed by atoms with E-state index in [1.807, 2.05) is 6.07 Å². The van der Waals surface area contributed by atoms with Crippen LogP contribution >= 0.6 is 0 Å². The minimum Gasteiger partial charge on any atom is -0.228 e. The Labute approximate surface area is 320 Å². The Bertz CT molecular complexity index is 3170. The maximum absolute atomic E-state index is 5.28. The van der Waals surface area contributed by atoms with Crippen LogP contribution in [-0.4, -0.2) is 9.97 Å². The van der Waals surface area contributed by atoms with Gasteiger partial charge in [0.1, 0.15) is 0 Å². The van der Waals surface area contributed by atoms with Gasteiger partial charge in [-0.2, -0.15) is 0 Å². The molecule has 0 atom stereocenters. The van der Waals surface area contributed by atoms with Gasteiger partial charge in [-0.3, -0.25) is 0 Å². The van der Waals surface area contributed by atoms with E-state index in [4.69, 9.17) is 9.97 Å². The highest BCUT2D eigenvalue weighted by molar-refractivity contribution is 6.10. The molecule has 0 bridgehead atoms. The Hall–Kier alpha value is -6.90. The standard InChI is InChI=1S/C53H36N2/c1-53(2)47-22-12-21-45(51(47)46-30-35-16-6-7-17-36(35)31-48(46)53)43-27-28-44(42-20-11-10-19-41(42)43)50-32-49(54-52(55-50)34-14-4-3-5-15-34)38-25-26-40-37(29-38)24-23-33-13-8-9-18-39(33)40/h3-32H,1-2H3. The zero-order valence-electron chi connectivity index (χ0n) is 30.7. The van der Waals surface area contributed by atoms with Crippen LogP contribution in [0.5, 0.6) is 0 Å². The number of nitrogens with zero attached hydrogens (tertiary/aromatic N) is 2. The first-order chi connectivity index (χ1) is 27.0. The summed E-state index contributed by atoms with van der Waals surface area (Å²) in [7, 11) is 0. The third kappa shape index (κ3) is 4.95. The van der Waals surface area contributed by atoms with E-state index in [1.54, 1.807) is 0 Å². The molecule has 0 amide bonds. The summed E-state index contributed by atoms with van der Waals surface area (Å²) in [5.41, 5.74) is 12.8. The van der Waals surface area contributed by atoms with Crippen molar-refractivity contribution in [2.45, 2.75) is 19.3 Å². The van der Waals surface area contributed by atoms with Crippen molar-refractivity contribution in [3.63, 3.8) is 0 Å². The average Bonchev–Trinajstić information content (AvgIpc) is 3.47. The summed E-state index contributed by atoms with van der Waals surface area (Å²) >= 11 is 0. The summed E-state index contributed by atoms with van der Waals surface area (Å²) in [5, 5.41) is 9.88. The SMILES string of the molecule is CC1(C)c2cc3ccccc3cc2-c2c(-c3ccc(-c4cc(-c5ccc6c(ccc7ccccc76)c5)nc(-c5ccccc5)n4)c4ccccc34)cccc21. The molecule has 1 heterocycles. The van der Waals surface area contributed by atoms with Crippen LogP contribution in [0.25, 0.3) is 99.2 Å². The largest absolute Gasteiger partial charge is 0.228 e. The van der Waals surface area contributed by atoms with E-state index < -0.39 is 0 Å². The molecule has 9 aromatic carbocycles. The topological polar surface area (TPSA) is 25.8 Å². The molecular formula is C53H36N2. The van der Waals surface area contributed by atoms with Gasteiger partial charge in [-0.05, 0) is 101 Å². The summed E-state index contributed by atoms with van der Waals surface area (Å²) in [6.07, 6.45) is 0. The van der Waals surface area contributed by atoms with E-state index in [2.05, 4.69) is 190 Å². The molecule has 0 spiro atoms. The lowest BCUT2D eigenvalue weighted by Crippen LogP contribution is -2.14. The van der Waals surface area contributed by atoms with Gasteiger partial charge < -0.3 is 0 Å². The van der Waals surface area contributed by atoms with Crippen molar-refractivity contribution in [1.29, 1.82) is 0 Å². The molecule has 0 N–H and O–H groups in total. The fraction of sp³-hybridized carbons (Fsp3) is 0.0566. The Morgan fingerprint density at radius 1 is 0.345 bits per heavy atom. The van der Waals surface area contributed by atoms with Gasteiger partial charge in [0.15, 0.2) is 5.82 Å². The highest BCUT2D eigenvalue weighted by atomic mass is 14.9. The smallest absolute Gasteiger partial charge is 0.160 e. The van der Waals surface area contributed by atoms with Crippen LogP contribution < -0.4 is 0 Å². The Morgan fingerprint density at radius 2 is 0.982 bits per heavy atom. The third-order valence-electron chi connectivity index (χ3n) is 11.9. The monoisotopic (exact) mass is 700 g/mol. The molecule has 2 heteroatoms. The van der Waals surface area contributed by atoms with Crippen molar-refractivity contribution in [1.82, 2.24) is 9.97 Å². The van der Waals surface area contributed by atoms with Gasteiger partial charge in [-0.25, -0.2) is 9.97 Å². The molecule has 258 valence electrons. The molecule has 0 unspecified atom stereocenters. The maximum Gasteiger partial charge on any atom is 0.160 e. The molecule has 0 saturated carbocycles. The number of aromatic nitrogens is 2. The predicted molar refractivity (Wildman–Crippen MR) is 231 cm³/mol. The van der Waals surface area contributed by atoms with Crippen molar-refractivity contribution < 1.29 is 0 Å². The van der Waals surface area contributed by atoms with Crippen molar-refractivity contribution in [3.05, 3.63) is 193 Å². The highest BCUT2D eigenvalue weighted by Gasteiger charge is 2.37. The fourth-order valence-corrected chi connectivity index (χ4v) is 9.08. The van der Waals surface area contributed by atoms with Gasteiger partial charge in [0.25, 0.3) is 0 Å². The van der Waals surface area contributed by atoms with Crippen LogP contribution in [0.15, 0.2) is 182 Å². The van der Waals surface area contributed by atoms with Gasteiger partial charge in [0.2, 0.25) is 0 Å². The van der Waals surface area contributed by atoms with Crippen LogP contribution in [0.1, 0.15) is 25.0 Å². The van der Waals surface area contributed by atoms with E-state index >= 15 is 0 Å². The number of benzene rings is 9. The van der Waals surface area contributed by atoms with Crippen molar-refractivity contribution in [3.8, 4) is 56.2 Å². The van der Waals surface area contributed by atoms with Crippen LogP contribution in [0, 0.1) is 0 Å². The van der Waals surface area contributed by atoms with E-state index in [1.165, 1.54) is 76.5 Å². The molecule has 2 nitrogen and oxygen atoms in total. The molecule has 1 aromatic heterocycles. The number of rotatable bonds is 4. The summed E-state index contributed by atoms with van der Waals surface area (Å²) in [5.74, 6) is 0.715. The van der Waals surface area contributed by atoms with Crippen LogP contribution in [0.2, 0.25) is 0 Å². The third-order valence-corrected chi connectivity index (χ3v) is 11.9. The number of hydrogen-bond donors (Lipinski definition) is 0. The molecule has 0 fully saturated rings. The Morgan fingerprint density at radius 3 is 1.80 bits per heavy atom. The van der Waals surface area contributed by atoms with E-state index in [9.17, 15) is 0 Å². The van der Waals surface area contributed by atoms with Crippen molar-refractivity contribution in [2.75, 3.05) is 0 Å². The molecular weight excluding hydrogens is 665 g/mol. The van der Waals surface area contributed by atoms with Gasteiger partial charge in [0.05, 0.1) is 11.4 Å². The minimum absolute atomic E-state index is 0.110. The Kier molecular flexibility index (Phi) is 6.93. The number of hydrogen-bond acceptors (Lipinski definition) is 2. The fourth-order valence-electron chi connectivity index (χ4n) is 9.08. The van der Waals surface area contributed by atoms with Crippen molar-refractivity contribution >= 4 is 43.1 Å². The molecule has 0 radical (unpaired) electrons. The normalized spacial score (nSPS) is 13.1. The van der Waals surface area contributed by atoms with Gasteiger partial charge >= 0.3 is 0 Å². The van der Waals surface area contributed by atoms with Crippen LogP contribution in [-0.2, 0) is 5.41 Å². The molecule has 55 heavy (non-hydrogen) atoms. The van der Waals surface area contributed by atoms with E-state index in [0.29, 0.717) is 5.82 Å².